The molecule has 0 aliphatic rings. The average Bonchev–Trinajstić information content (AvgIpc) is 2.93. The van der Waals surface area contributed by atoms with Crippen LogP contribution < -0.4 is 15.4 Å². The summed E-state index contributed by atoms with van der Waals surface area (Å²) in [4.78, 5) is 38.3. The summed E-state index contributed by atoms with van der Waals surface area (Å²) in [5, 5.41) is 14.5. The first-order valence-corrected chi connectivity index (χ1v) is 12.7. The number of methoxy groups -OCH3 is 1. The zero-order chi connectivity index (χ0) is 27.1. The van der Waals surface area contributed by atoms with E-state index in [0.717, 1.165) is 10.5 Å². The molecule has 4 rings (SSSR count). The van der Waals surface area contributed by atoms with Gasteiger partial charge in [0.25, 0.3) is 5.91 Å². The van der Waals surface area contributed by atoms with E-state index in [1.807, 2.05) is 36.4 Å². The van der Waals surface area contributed by atoms with E-state index in [1.165, 1.54) is 30.0 Å². The Morgan fingerprint density at radius 2 is 1.55 bits per heavy atom. The second-order valence-electron chi connectivity index (χ2n) is 8.11. The maximum absolute atomic E-state index is 13.4. The Hall–Kier alpha value is -4.27. The molecule has 0 heterocycles. The lowest BCUT2D eigenvalue weighted by atomic mass is 10.1. The molecule has 192 valence electrons. The van der Waals surface area contributed by atoms with Crippen LogP contribution in [0.4, 0.5) is 11.4 Å². The molecule has 0 saturated carbocycles. The number of benzene rings is 4. The molecular weight excluding hydrogens is 524 g/mol. The fourth-order valence-electron chi connectivity index (χ4n) is 3.58. The predicted molar refractivity (Wildman–Crippen MR) is 149 cm³/mol. The summed E-state index contributed by atoms with van der Waals surface area (Å²) in [5.74, 6) is -1.13. The summed E-state index contributed by atoms with van der Waals surface area (Å²) in [6.07, 6.45) is 0. The van der Waals surface area contributed by atoms with E-state index in [0.29, 0.717) is 17.0 Å². The van der Waals surface area contributed by atoms with Gasteiger partial charge in [-0.1, -0.05) is 48.0 Å². The molecule has 7 nitrogen and oxygen atoms in total. The normalized spacial score (nSPS) is 11.3. The second-order valence-corrected chi connectivity index (χ2v) is 9.69. The number of aromatic carboxylic acids is 1. The van der Waals surface area contributed by atoms with Gasteiger partial charge >= 0.3 is 5.97 Å². The standard InChI is InChI=1S/C29H23ClN2O5S/c1-37-22-13-10-19(11-14-22)27(33)31-21-8-5-9-23(17-21)38-26(18-6-3-2-4-7-18)28(34)32-25-16-20(29(35)36)12-15-24(25)30/h2-17,26H,1H3,(H,31,33)(H,32,34)(H,35,36). The van der Waals surface area contributed by atoms with Crippen molar-refractivity contribution in [2.45, 2.75) is 10.1 Å². The van der Waals surface area contributed by atoms with E-state index >= 15 is 0 Å². The van der Waals surface area contributed by atoms with Gasteiger partial charge in [0.1, 0.15) is 11.0 Å². The third-order valence-corrected chi connectivity index (χ3v) is 7.09. The van der Waals surface area contributed by atoms with Crippen molar-refractivity contribution in [2.75, 3.05) is 17.7 Å². The Bertz CT molecular complexity index is 1460. The van der Waals surface area contributed by atoms with Crippen LogP contribution in [0.25, 0.3) is 0 Å². The minimum absolute atomic E-state index is 0.00826. The van der Waals surface area contributed by atoms with Crippen LogP contribution in [-0.4, -0.2) is 30.0 Å². The Balaban J connectivity index is 1.55. The molecule has 1 unspecified atom stereocenters. The van der Waals surface area contributed by atoms with Gasteiger partial charge < -0.3 is 20.5 Å². The lowest BCUT2D eigenvalue weighted by Crippen LogP contribution is -2.19. The largest absolute Gasteiger partial charge is 0.497 e. The lowest BCUT2D eigenvalue weighted by molar-refractivity contribution is -0.115. The van der Waals surface area contributed by atoms with Gasteiger partial charge in [0.05, 0.1) is 23.4 Å². The summed E-state index contributed by atoms with van der Waals surface area (Å²) in [5.41, 5.74) is 2.01. The molecule has 0 radical (unpaired) electrons. The molecule has 0 spiro atoms. The van der Waals surface area contributed by atoms with Crippen molar-refractivity contribution in [3.63, 3.8) is 0 Å². The van der Waals surface area contributed by atoms with E-state index in [-0.39, 0.29) is 28.1 Å². The van der Waals surface area contributed by atoms with Crippen molar-refractivity contribution in [2.24, 2.45) is 0 Å². The van der Waals surface area contributed by atoms with Gasteiger partial charge in [-0.05, 0) is 66.2 Å². The fourth-order valence-corrected chi connectivity index (χ4v) is 4.83. The first-order valence-electron chi connectivity index (χ1n) is 11.4. The van der Waals surface area contributed by atoms with Crippen LogP contribution in [0.5, 0.6) is 5.75 Å². The number of hydrogen-bond acceptors (Lipinski definition) is 5. The Morgan fingerprint density at radius 3 is 2.24 bits per heavy atom. The number of carboxylic acid groups (broad SMARTS) is 1. The van der Waals surface area contributed by atoms with Crippen molar-refractivity contribution in [3.8, 4) is 5.75 Å². The molecule has 0 bridgehead atoms. The number of amides is 2. The molecule has 0 saturated heterocycles. The Labute approximate surface area is 228 Å². The Kier molecular flexibility index (Phi) is 8.68. The highest BCUT2D eigenvalue weighted by molar-refractivity contribution is 8.00. The highest BCUT2D eigenvalue weighted by atomic mass is 35.5. The minimum Gasteiger partial charge on any atom is -0.497 e. The van der Waals surface area contributed by atoms with Gasteiger partial charge in [0.15, 0.2) is 0 Å². The SMILES string of the molecule is COc1ccc(C(=O)Nc2cccc(SC(C(=O)Nc3cc(C(=O)O)ccc3Cl)c3ccccc3)c2)cc1. The first-order chi connectivity index (χ1) is 18.3. The number of carbonyl (C=O) groups excluding carboxylic acids is 2. The van der Waals surface area contributed by atoms with Crippen LogP contribution in [0.1, 0.15) is 31.5 Å². The van der Waals surface area contributed by atoms with E-state index in [4.69, 9.17) is 16.3 Å². The van der Waals surface area contributed by atoms with E-state index < -0.39 is 11.2 Å². The summed E-state index contributed by atoms with van der Waals surface area (Å²) in [7, 11) is 1.56. The molecule has 0 aliphatic heterocycles. The highest BCUT2D eigenvalue weighted by Crippen LogP contribution is 2.38. The van der Waals surface area contributed by atoms with Crippen molar-refractivity contribution in [1.29, 1.82) is 0 Å². The Morgan fingerprint density at radius 1 is 0.842 bits per heavy atom. The van der Waals surface area contributed by atoms with E-state index in [1.54, 1.807) is 49.6 Å². The fraction of sp³-hybridized carbons (Fsp3) is 0.0690. The van der Waals surface area contributed by atoms with Crippen LogP contribution in [0, 0.1) is 0 Å². The molecule has 38 heavy (non-hydrogen) atoms. The van der Waals surface area contributed by atoms with Crippen LogP contribution in [0.2, 0.25) is 5.02 Å². The number of thioether (sulfide) groups is 1. The average molecular weight is 547 g/mol. The molecular formula is C29H23ClN2O5S. The number of carbonyl (C=O) groups is 3. The first kappa shape index (κ1) is 26.8. The third kappa shape index (κ3) is 6.73. The van der Waals surface area contributed by atoms with Crippen molar-refractivity contribution in [3.05, 3.63) is 119 Å². The number of nitrogens with one attached hydrogen (secondary N) is 2. The molecule has 0 aliphatic carbocycles. The monoisotopic (exact) mass is 546 g/mol. The maximum Gasteiger partial charge on any atom is 0.335 e. The van der Waals surface area contributed by atoms with Gasteiger partial charge in [-0.2, -0.15) is 0 Å². The summed E-state index contributed by atoms with van der Waals surface area (Å²) < 4.78 is 5.14. The van der Waals surface area contributed by atoms with Gasteiger partial charge in [-0.3, -0.25) is 9.59 Å². The molecule has 4 aromatic carbocycles. The molecule has 1 atom stereocenters. The van der Waals surface area contributed by atoms with E-state index in [2.05, 4.69) is 10.6 Å². The summed E-state index contributed by atoms with van der Waals surface area (Å²) >= 11 is 7.52. The van der Waals surface area contributed by atoms with Crippen LogP contribution in [0.3, 0.4) is 0 Å². The van der Waals surface area contributed by atoms with Crippen LogP contribution >= 0.6 is 23.4 Å². The van der Waals surface area contributed by atoms with Gasteiger partial charge in [0.2, 0.25) is 5.91 Å². The van der Waals surface area contributed by atoms with Crippen LogP contribution in [0.15, 0.2) is 102 Å². The van der Waals surface area contributed by atoms with E-state index in [9.17, 15) is 19.5 Å². The number of halogens is 1. The second kappa shape index (κ2) is 12.3. The number of rotatable bonds is 9. The number of anilines is 2. The van der Waals surface area contributed by atoms with Gasteiger partial charge in [-0.15, -0.1) is 11.8 Å². The smallest absolute Gasteiger partial charge is 0.335 e. The van der Waals surface area contributed by atoms with Gasteiger partial charge in [0, 0.05) is 16.1 Å². The lowest BCUT2D eigenvalue weighted by Gasteiger charge is -2.18. The minimum atomic E-state index is -1.13. The van der Waals surface area contributed by atoms with Crippen molar-refractivity contribution in [1.82, 2.24) is 0 Å². The van der Waals surface area contributed by atoms with Crippen molar-refractivity contribution >= 4 is 52.5 Å². The number of hydrogen-bond donors (Lipinski definition) is 3. The maximum atomic E-state index is 13.4. The molecule has 2 amide bonds. The molecule has 0 aromatic heterocycles. The highest BCUT2D eigenvalue weighted by Gasteiger charge is 2.23. The molecule has 3 N–H and O–H groups in total. The molecule has 4 aromatic rings. The summed E-state index contributed by atoms with van der Waals surface area (Å²) in [6.45, 7) is 0. The quantitative estimate of drug-likeness (QED) is 0.200. The number of ether oxygens (including phenoxy) is 1. The predicted octanol–water partition coefficient (Wildman–Crippen LogP) is 6.77. The van der Waals surface area contributed by atoms with Gasteiger partial charge in [-0.25, -0.2) is 4.79 Å². The molecule has 0 fully saturated rings. The van der Waals surface area contributed by atoms with Crippen LogP contribution in [-0.2, 0) is 4.79 Å². The third-order valence-electron chi connectivity index (χ3n) is 5.51. The topological polar surface area (TPSA) is 105 Å². The molecule has 9 heteroatoms. The number of carboxylic acids is 1. The summed E-state index contributed by atoms with van der Waals surface area (Å²) in [6, 6.07) is 27.3. The zero-order valence-electron chi connectivity index (χ0n) is 20.2. The van der Waals surface area contributed by atoms with Crippen molar-refractivity contribution < 1.29 is 24.2 Å². The zero-order valence-corrected chi connectivity index (χ0v) is 21.8.